The molecule has 34 heavy (non-hydrogen) atoms. The van der Waals surface area contributed by atoms with Crippen molar-refractivity contribution in [2.45, 2.75) is 65.0 Å². The quantitative estimate of drug-likeness (QED) is 0.293. The van der Waals surface area contributed by atoms with Crippen LogP contribution in [0.4, 0.5) is 0 Å². The zero-order valence-electron chi connectivity index (χ0n) is 20.0. The molecule has 1 N–H and O–H groups in total. The molecule has 0 spiro atoms. The lowest BCUT2D eigenvalue weighted by Gasteiger charge is -2.31. The van der Waals surface area contributed by atoms with Crippen LogP contribution in [-0.4, -0.2) is 52.6 Å². The van der Waals surface area contributed by atoms with E-state index in [4.69, 9.17) is 11.6 Å². The van der Waals surface area contributed by atoms with Crippen molar-refractivity contribution in [1.82, 2.24) is 15.1 Å². The fourth-order valence-electron chi connectivity index (χ4n) is 4.65. The minimum Gasteiger partial charge on any atom is -0.354 e. The molecule has 0 saturated carbocycles. The highest BCUT2D eigenvalue weighted by Gasteiger charge is 2.47. The summed E-state index contributed by atoms with van der Waals surface area (Å²) in [4.78, 5) is 54.7. The van der Waals surface area contributed by atoms with E-state index in [0.717, 1.165) is 18.4 Å². The second-order valence-electron chi connectivity index (χ2n) is 8.95. The Kier molecular flexibility index (Phi) is 9.28. The molecule has 1 heterocycles. The molecule has 0 radical (unpaired) electrons. The number of benzene rings is 1. The van der Waals surface area contributed by atoms with Gasteiger partial charge in [-0.15, -0.1) is 0 Å². The molecule has 3 atom stereocenters. The van der Waals surface area contributed by atoms with Crippen molar-refractivity contribution in [3.05, 3.63) is 47.0 Å². The Hall–Kier alpha value is -2.67. The lowest BCUT2D eigenvalue weighted by atomic mass is 9.85. The number of rotatable bonds is 11. The second-order valence-corrected chi connectivity index (χ2v) is 9.39. The van der Waals surface area contributed by atoms with Crippen LogP contribution in [0.3, 0.4) is 0 Å². The summed E-state index contributed by atoms with van der Waals surface area (Å²) < 4.78 is 0. The number of hydrogen-bond donors (Lipinski definition) is 1. The maximum Gasteiger partial charge on any atom is 0.242 e. The molecule has 2 aliphatic rings. The Balaban J connectivity index is 1.72. The van der Waals surface area contributed by atoms with Crippen LogP contribution in [0.15, 0.2) is 36.4 Å². The van der Waals surface area contributed by atoms with Gasteiger partial charge < -0.3 is 10.2 Å². The third-order valence-corrected chi connectivity index (χ3v) is 6.88. The average molecular weight is 488 g/mol. The third-order valence-electron chi connectivity index (χ3n) is 6.63. The minimum absolute atomic E-state index is 0.0172. The first kappa shape index (κ1) is 25.9. The molecule has 0 aromatic heterocycles. The van der Waals surface area contributed by atoms with E-state index in [-0.39, 0.29) is 55.0 Å². The van der Waals surface area contributed by atoms with Crippen molar-refractivity contribution >= 4 is 35.2 Å². The number of unbranched alkanes of at least 4 members (excludes halogenated alkanes) is 1. The summed E-state index contributed by atoms with van der Waals surface area (Å²) in [5, 5.41) is 3.52. The van der Waals surface area contributed by atoms with Crippen LogP contribution in [0.25, 0.3) is 0 Å². The highest BCUT2D eigenvalue weighted by atomic mass is 35.5. The Morgan fingerprint density at radius 1 is 1.09 bits per heavy atom. The molecule has 184 valence electrons. The highest BCUT2D eigenvalue weighted by Crippen LogP contribution is 2.35. The number of nitrogens with zero attached hydrogens (tertiary/aromatic N) is 2. The number of amides is 4. The molecule has 1 saturated heterocycles. The van der Waals surface area contributed by atoms with Crippen molar-refractivity contribution < 1.29 is 19.2 Å². The fourth-order valence-corrected chi connectivity index (χ4v) is 4.78. The van der Waals surface area contributed by atoms with Crippen LogP contribution in [0, 0.1) is 11.8 Å². The molecule has 3 rings (SSSR count). The fraction of sp³-hybridized carbons (Fsp3) is 0.538. The molecule has 0 bridgehead atoms. The SMILES string of the molecule is CCCCNC(=O)C(CC)N(Cc1ccc(Cl)cc1)C(=O)CCN1C(=O)[C@H]2CC=CC[C@H]2C1=O. The van der Waals surface area contributed by atoms with Gasteiger partial charge in [0.2, 0.25) is 23.6 Å². The first-order valence-electron chi connectivity index (χ1n) is 12.2. The normalized spacial score (nSPS) is 20.3. The van der Waals surface area contributed by atoms with E-state index in [1.165, 1.54) is 4.90 Å². The molecular weight excluding hydrogens is 454 g/mol. The van der Waals surface area contributed by atoms with Crippen molar-refractivity contribution in [3.63, 3.8) is 0 Å². The minimum atomic E-state index is -0.642. The monoisotopic (exact) mass is 487 g/mol. The smallest absolute Gasteiger partial charge is 0.242 e. The van der Waals surface area contributed by atoms with Gasteiger partial charge in [-0.2, -0.15) is 0 Å². The number of allylic oxidation sites excluding steroid dienone is 2. The number of halogens is 1. The molecule has 7 nitrogen and oxygen atoms in total. The largest absolute Gasteiger partial charge is 0.354 e. The van der Waals surface area contributed by atoms with Gasteiger partial charge in [-0.25, -0.2) is 0 Å². The lowest BCUT2D eigenvalue weighted by Crippen LogP contribution is -2.49. The molecule has 1 unspecified atom stereocenters. The average Bonchev–Trinajstić information content (AvgIpc) is 3.08. The number of imide groups is 1. The van der Waals surface area contributed by atoms with Gasteiger partial charge in [0.1, 0.15) is 6.04 Å². The van der Waals surface area contributed by atoms with Gasteiger partial charge in [-0.1, -0.05) is 56.2 Å². The van der Waals surface area contributed by atoms with Crippen LogP contribution in [0.5, 0.6) is 0 Å². The van der Waals surface area contributed by atoms with Crippen LogP contribution in [0.1, 0.15) is 57.9 Å². The van der Waals surface area contributed by atoms with Crippen molar-refractivity contribution in [1.29, 1.82) is 0 Å². The van der Waals surface area contributed by atoms with Gasteiger partial charge in [-0.05, 0) is 43.4 Å². The van der Waals surface area contributed by atoms with E-state index in [1.54, 1.807) is 17.0 Å². The summed E-state index contributed by atoms with van der Waals surface area (Å²) in [6.45, 7) is 4.76. The summed E-state index contributed by atoms with van der Waals surface area (Å²) in [5.41, 5.74) is 0.850. The van der Waals surface area contributed by atoms with Crippen LogP contribution >= 0.6 is 11.6 Å². The van der Waals surface area contributed by atoms with E-state index in [1.807, 2.05) is 38.1 Å². The molecule has 1 aromatic carbocycles. The number of nitrogens with one attached hydrogen (secondary N) is 1. The van der Waals surface area contributed by atoms with E-state index in [2.05, 4.69) is 5.32 Å². The Labute approximate surface area is 206 Å². The number of hydrogen-bond acceptors (Lipinski definition) is 4. The van der Waals surface area contributed by atoms with Gasteiger partial charge in [0, 0.05) is 31.1 Å². The maximum absolute atomic E-state index is 13.4. The number of carbonyl (C=O) groups is 4. The molecule has 4 amide bonds. The Bertz CT molecular complexity index is 904. The van der Waals surface area contributed by atoms with Gasteiger partial charge >= 0.3 is 0 Å². The predicted octanol–water partition coefficient (Wildman–Crippen LogP) is 3.70. The summed E-state index contributed by atoms with van der Waals surface area (Å²) in [6.07, 6.45) is 7.28. The van der Waals surface area contributed by atoms with Crippen LogP contribution in [0.2, 0.25) is 5.02 Å². The zero-order valence-corrected chi connectivity index (χ0v) is 20.7. The predicted molar refractivity (Wildman–Crippen MR) is 131 cm³/mol. The van der Waals surface area contributed by atoms with E-state index in [9.17, 15) is 19.2 Å². The second kappa shape index (κ2) is 12.2. The lowest BCUT2D eigenvalue weighted by molar-refractivity contribution is -0.144. The first-order valence-corrected chi connectivity index (χ1v) is 12.6. The molecular formula is C26H34ClN3O4. The Morgan fingerprint density at radius 2 is 1.71 bits per heavy atom. The summed E-state index contributed by atoms with van der Waals surface area (Å²) >= 11 is 6.01. The standard InChI is InChI=1S/C26H34ClN3O4/c1-3-5-15-28-24(32)22(4-2)30(17-18-10-12-19(27)13-11-18)23(31)14-16-29-25(33)20-8-6-7-9-21(20)26(29)34/h6-7,10-13,20-22H,3-5,8-9,14-17H2,1-2H3,(H,28,32)/t20-,21+,22?. The number of likely N-dealkylation sites (tertiary alicyclic amines) is 1. The molecule has 1 fully saturated rings. The van der Waals surface area contributed by atoms with E-state index >= 15 is 0 Å². The Morgan fingerprint density at radius 3 is 2.26 bits per heavy atom. The number of fused-ring (bicyclic) bond motifs is 1. The topological polar surface area (TPSA) is 86.8 Å². The number of carbonyl (C=O) groups excluding carboxylic acids is 4. The molecule has 1 aliphatic carbocycles. The van der Waals surface area contributed by atoms with Crippen molar-refractivity contribution in [2.24, 2.45) is 11.8 Å². The third kappa shape index (κ3) is 6.06. The van der Waals surface area contributed by atoms with Gasteiger partial charge in [0.25, 0.3) is 0 Å². The molecule has 8 heteroatoms. The zero-order chi connectivity index (χ0) is 24.7. The van der Waals surface area contributed by atoms with Gasteiger partial charge in [0.05, 0.1) is 11.8 Å². The summed E-state index contributed by atoms with van der Waals surface area (Å²) in [6, 6.07) is 6.51. The highest BCUT2D eigenvalue weighted by molar-refractivity contribution is 6.30. The first-order chi connectivity index (χ1) is 16.4. The van der Waals surface area contributed by atoms with Gasteiger partial charge in [0.15, 0.2) is 0 Å². The summed E-state index contributed by atoms with van der Waals surface area (Å²) in [7, 11) is 0. The maximum atomic E-state index is 13.4. The van der Waals surface area contributed by atoms with Crippen LogP contribution in [-0.2, 0) is 25.7 Å². The van der Waals surface area contributed by atoms with Crippen molar-refractivity contribution in [2.75, 3.05) is 13.1 Å². The van der Waals surface area contributed by atoms with E-state index in [0.29, 0.717) is 30.8 Å². The van der Waals surface area contributed by atoms with Crippen molar-refractivity contribution in [3.8, 4) is 0 Å². The van der Waals surface area contributed by atoms with E-state index < -0.39 is 6.04 Å². The summed E-state index contributed by atoms with van der Waals surface area (Å²) in [5.74, 6) is -1.47. The van der Waals surface area contributed by atoms with Crippen LogP contribution < -0.4 is 5.32 Å². The molecule has 1 aromatic rings. The molecule has 1 aliphatic heterocycles. The van der Waals surface area contributed by atoms with Gasteiger partial charge in [-0.3, -0.25) is 24.1 Å².